The lowest BCUT2D eigenvalue weighted by molar-refractivity contribution is -0.143. The van der Waals surface area contributed by atoms with Crippen LogP contribution in [0.2, 0.25) is 0 Å². The summed E-state index contributed by atoms with van der Waals surface area (Å²) < 4.78 is 11.6. The molecule has 0 spiro atoms. The van der Waals surface area contributed by atoms with Crippen molar-refractivity contribution in [2.45, 2.75) is 25.3 Å². The van der Waals surface area contributed by atoms with Gasteiger partial charge < -0.3 is 14.6 Å². The molecule has 1 saturated heterocycles. The van der Waals surface area contributed by atoms with Gasteiger partial charge in [-0.2, -0.15) is 4.98 Å². The molecular weight excluding hydrogens is 336 g/mol. The number of nitrogens with zero attached hydrogens (tertiary/aromatic N) is 8. The van der Waals surface area contributed by atoms with Crippen LogP contribution in [0.1, 0.15) is 13.2 Å². The Kier molecular flexibility index (Phi) is 5.93. The quantitative estimate of drug-likeness (QED) is 0.343. The zero-order valence-electron chi connectivity index (χ0n) is 13.0. The van der Waals surface area contributed by atoms with Crippen LogP contribution in [0.3, 0.4) is 0 Å². The number of carbonyl (C=O) groups is 1. The Hall–Kier alpha value is -3.11. The standard InChI is InChI=1S/C12H14N8O5/c1-6(22)24-5-7-8(4-21)25-11(10(7)17-19-14)20-3-2-9(16-18-13)15-12(20)23/h2-3,7-8,10-11,21H,4-5H2,1H3/t7-,8-,10-,11-/m1/s1. The molecule has 0 saturated carbocycles. The Labute approximate surface area is 140 Å². The molecule has 1 fully saturated rings. The number of aliphatic hydroxyl groups is 1. The number of carbonyl (C=O) groups excluding carboxylic acids is 1. The van der Waals surface area contributed by atoms with Crippen LogP contribution in [0.4, 0.5) is 5.82 Å². The SMILES string of the molecule is CC(=O)OC[C@H]1[C@@H](N=[N+]=[N-])[C@H](n2ccc(N=[N+]=[N-])nc2=O)O[C@@H]1CO. The van der Waals surface area contributed by atoms with Crippen molar-refractivity contribution in [3.05, 3.63) is 43.6 Å². The first kappa shape index (κ1) is 18.2. The molecule has 0 radical (unpaired) electrons. The molecule has 1 aromatic heterocycles. The molecule has 1 aromatic rings. The molecule has 4 atom stereocenters. The van der Waals surface area contributed by atoms with Crippen molar-refractivity contribution in [3.8, 4) is 0 Å². The van der Waals surface area contributed by atoms with Gasteiger partial charge in [-0.05, 0) is 22.2 Å². The first-order valence-corrected chi connectivity index (χ1v) is 7.10. The molecule has 132 valence electrons. The molecule has 1 aliphatic rings. The van der Waals surface area contributed by atoms with Crippen LogP contribution < -0.4 is 5.69 Å². The van der Waals surface area contributed by atoms with Crippen molar-refractivity contribution in [1.29, 1.82) is 0 Å². The van der Waals surface area contributed by atoms with Gasteiger partial charge in [-0.1, -0.05) is 5.11 Å². The third kappa shape index (κ3) is 4.05. The Morgan fingerprint density at radius 1 is 1.52 bits per heavy atom. The van der Waals surface area contributed by atoms with E-state index in [1.54, 1.807) is 0 Å². The topological polar surface area (TPSA) is 188 Å². The predicted molar refractivity (Wildman–Crippen MR) is 81.4 cm³/mol. The van der Waals surface area contributed by atoms with E-state index in [4.69, 9.17) is 20.5 Å². The summed E-state index contributed by atoms with van der Waals surface area (Å²) in [5, 5.41) is 16.3. The van der Waals surface area contributed by atoms with E-state index in [1.807, 2.05) is 0 Å². The molecule has 0 aromatic carbocycles. The van der Waals surface area contributed by atoms with Crippen LogP contribution in [0.15, 0.2) is 27.3 Å². The molecule has 13 nitrogen and oxygen atoms in total. The van der Waals surface area contributed by atoms with Crippen LogP contribution in [0.25, 0.3) is 20.9 Å². The van der Waals surface area contributed by atoms with E-state index in [1.165, 1.54) is 19.2 Å². The molecule has 2 rings (SSSR count). The monoisotopic (exact) mass is 350 g/mol. The van der Waals surface area contributed by atoms with Crippen molar-refractivity contribution in [2.75, 3.05) is 13.2 Å². The van der Waals surface area contributed by atoms with Crippen molar-refractivity contribution in [1.82, 2.24) is 9.55 Å². The minimum Gasteiger partial charge on any atom is -0.465 e. The smallest absolute Gasteiger partial charge is 0.350 e. The zero-order valence-corrected chi connectivity index (χ0v) is 13.0. The van der Waals surface area contributed by atoms with E-state index in [2.05, 4.69) is 25.0 Å². The summed E-state index contributed by atoms with van der Waals surface area (Å²) in [5.41, 5.74) is 16.4. The summed E-state index contributed by atoms with van der Waals surface area (Å²) in [5.74, 6) is -1.33. The number of rotatable bonds is 6. The van der Waals surface area contributed by atoms with E-state index in [-0.39, 0.29) is 12.4 Å². The molecule has 0 bridgehead atoms. The summed E-state index contributed by atoms with van der Waals surface area (Å²) in [4.78, 5) is 32.0. The van der Waals surface area contributed by atoms with E-state index < -0.39 is 42.6 Å². The Morgan fingerprint density at radius 2 is 2.28 bits per heavy atom. The summed E-state index contributed by atoms with van der Waals surface area (Å²) in [6, 6.07) is 0.358. The van der Waals surface area contributed by atoms with Gasteiger partial charge in [0.1, 0.15) is 12.0 Å². The van der Waals surface area contributed by atoms with E-state index >= 15 is 0 Å². The molecule has 0 aliphatic carbocycles. The van der Waals surface area contributed by atoms with E-state index in [9.17, 15) is 14.7 Å². The van der Waals surface area contributed by atoms with Crippen molar-refractivity contribution in [2.24, 2.45) is 16.1 Å². The number of ether oxygens (including phenoxy) is 2. The second-order valence-electron chi connectivity index (χ2n) is 5.07. The van der Waals surface area contributed by atoms with E-state index in [0.29, 0.717) is 0 Å². The van der Waals surface area contributed by atoms with Crippen LogP contribution >= 0.6 is 0 Å². The van der Waals surface area contributed by atoms with Crippen LogP contribution in [0.5, 0.6) is 0 Å². The normalized spacial score (nSPS) is 24.9. The summed E-state index contributed by atoms with van der Waals surface area (Å²) in [6.07, 6.45) is -0.607. The fourth-order valence-corrected chi connectivity index (χ4v) is 2.52. The lowest BCUT2D eigenvalue weighted by atomic mass is 9.97. The average molecular weight is 350 g/mol. The second kappa shape index (κ2) is 8.13. The van der Waals surface area contributed by atoms with Gasteiger partial charge in [-0.25, -0.2) is 4.79 Å². The number of aromatic nitrogens is 2. The second-order valence-corrected chi connectivity index (χ2v) is 5.07. The highest BCUT2D eigenvalue weighted by molar-refractivity contribution is 5.65. The summed E-state index contributed by atoms with van der Waals surface area (Å²) in [6.45, 7) is 0.630. The molecule has 2 heterocycles. The molecule has 0 unspecified atom stereocenters. The number of aliphatic hydroxyl groups excluding tert-OH is 1. The highest BCUT2D eigenvalue weighted by atomic mass is 16.5. The van der Waals surface area contributed by atoms with Crippen LogP contribution in [0, 0.1) is 5.92 Å². The highest BCUT2D eigenvalue weighted by Gasteiger charge is 2.45. The maximum absolute atomic E-state index is 12.1. The van der Waals surface area contributed by atoms with Gasteiger partial charge >= 0.3 is 11.7 Å². The molecule has 13 heteroatoms. The molecule has 25 heavy (non-hydrogen) atoms. The zero-order chi connectivity index (χ0) is 18.4. The maximum atomic E-state index is 12.1. The van der Waals surface area contributed by atoms with Gasteiger partial charge in [0.15, 0.2) is 0 Å². The van der Waals surface area contributed by atoms with Gasteiger partial charge in [0.05, 0.1) is 25.4 Å². The van der Waals surface area contributed by atoms with Crippen LogP contribution in [-0.2, 0) is 14.3 Å². The fourth-order valence-electron chi connectivity index (χ4n) is 2.52. The van der Waals surface area contributed by atoms with Gasteiger partial charge in [-0.3, -0.25) is 9.36 Å². The van der Waals surface area contributed by atoms with Crippen LogP contribution in [-0.4, -0.2) is 46.0 Å². The highest BCUT2D eigenvalue weighted by Crippen LogP contribution is 2.36. The third-order valence-electron chi connectivity index (χ3n) is 3.60. The Balaban J connectivity index is 2.38. The molecule has 0 amide bonds. The largest absolute Gasteiger partial charge is 0.465 e. The minimum atomic E-state index is -1.06. The maximum Gasteiger partial charge on any atom is 0.350 e. The third-order valence-corrected chi connectivity index (χ3v) is 3.60. The van der Waals surface area contributed by atoms with Crippen molar-refractivity contribution >= 4 is 11.8 Å². The van der Waals surface area contributed by atoms with Crippen molar-refractivity contribution in [3.63, 3.8) is 0 Å². The lowest BCUT2D eigenvalue weighted by Gasteiger charge is -2.19. The molecule has 1 N–H and O–H groups in total. The number of azide groups is 2. The summed E-state index contributed by atoms with van der Waals surface area (Å²) in [7, 11) is 0. The lowest BCUT2D eigenvalue weighted by Crippen LogP contribution is -2.34. The van der Waals surface area contributed by atoms with Gasteiger partial charge in [0.2, 0.25) is 0 Å². The van der Waals surface area contributed by atoms with Crippen molar-refractivity contribution < 1.29 is 19.4 Å². The minimum absolute atomic E-state index is 0.128. The first-order valence-electron chi connectivity index (χ1n) is 7.10. The van der Waals surface area contributed by atoms with Gasteiger partial charge in [-0.15, -0.1) is 0 Å². The van der Waals surface area contributed by atoms with Gasteiger partial charge in [0, 0.05) is 28.9 Å². The Morgan fingerprint density at radius 3 is 2.84 bits per heavy atom. The molecule has 1 aliphatic heterocycles. The summed E-state index contributed by atoms with van der Waals surface area (Å²) >= 11 is 0. The number of hydrogen-bond acceptors (Lipinski definition) is 8. The number of esters is 1. The van der Waals surface area contributed by atoms with E-state index in [0.717, 1.165) is 4.57 Å². The Bertz CT molecular complexity index is 797. The predicted octanol–water partition coefficient (Wildman–Crippen LogP) is 0.933. The molecular formula is C12H14N8O5. The fraction of sp³-hybridized carbons (Fsp3) is 0.583. The first-order chi connectivity index (χ1) is 12.0. The number of hydrogen-bond donors (Lipinski definition) is 1. The van der Waals surface area contributed by atoms with Gasteiger partial charge in [0.25, 0.3) is 0 Å². The average Bonchev–Trinajstić information content (AvgIpc) is 2.91.